The molecule has 0 saturated heterocycles. The van der Waals surface area contributed by atoms with Crippen LogP contribution in [-0.2, 0) is 12.8 Å². The maximum atomic E-state index is 12.2. The lowest BCUT2D eigenvalue weighted by Gasteiger charge is -2.09. The van der Waals surface area contributed by atoms with Gasteiger partial charge in [-0.3, -0.25) is 4.79 Å². The number of benzene rings is 2. The van der Waals surface area contributed by atoms with Crippen molar-refractivity contribution >= 4 is 5.91 Å². The maximum Gasteiger partial charge on any atom is 0.251 e. The van der Waals surface area contributed by atoms with Gasteiger partial charge < -0.3 is 11.1 Å². The number of carbonyl (C=O) groups is 1. The van der Waals surface area contributed by atoms with Crippen molar-refractivity contribution < 1.29 is 4.79 Å². The van der Waals surface area contributed by atoms with Crippen LogP contribution in [0.2, 0.25) is 0 Å². The minimum atomic E-state index is -0.0232. The van der Waals surface area contributed by atoms with E-state index in [2.05, 4.69) is 17.4 Å². The summed E-state index contributed by atoms with van der Waals surface area (Å²) in [5, 5.41) is 2.97. The number of amides is 1. The standard InChI is InChI=1S/C17H20N2O/c18-12-10-15-8-4-5-9-16(15)17(20)19-13-11-14-6-2-1-3-7-14/h1-9H,10-13,18H2,(H,19,20). The molecule has 1 amide bonds. The molecule has 3 nitrogen and oxygen atoms in total. The lowest BCUT2D eigenvalue weighted by molar-refractivity contribution is 0.0953. The van der Waals surface area contributed by atoms with Crippen LogP contribution in [0.3, 0.4) is 0 Å². The Morgan fingerprint density at radius 1 is 0.950 bits per heavy atom. The molecule has 0 spiro atoms. The summed E-state index contributed by atoms with van der Waals surface area (Å²) in [5.41, 5.74) is 8.53. The Labute approximate surface area is 119 Å². The Morgan fingerprint density at radius 2 is 1.65 bits per heavy atom. The second-order valence-electron chi connectivity index (χ2n) is 4.69. The summed E-state index contributed by atoms with van der Waals surface area (Å²) in [5.74, 6) is -0.0232. The van der Waals surface area contributed by atoms with Gasteiger partial charge in [0.1, 0.15) is 0 Å². The van der Waals surface area contributed by atoms with E-state index in [0.717, 1.165) is 24.0 Å². The van der Waals surface area contributed by atoms with Gasteiger partial charge in [-0.25, -0.2) is 0 Å². The monoisotopic (exact) mass is 268 g/mol. The first-order chi connectivity index (χ1) is 9.81. The van der Waals surface area contributed by atoms with E-state index in [1.54, 1.807) is 0 Å². The lowest BCUT2D eigenvalue weighted by atomic mass is 10.0. The average Bonchev–Trinajstić information content (AvgIpc) is 2.49. The Bertz CT molecular complexity index is 552. The van der Waals surface area contributed by atoms with Crippen LogP contribution in [0.5, 0.6) is 0 Å². The fraction of sp³-hybridized carbons (Fsp3) is 0.235. The van der Waals surface area contributed by atoms with Crippen LogP contribution in [-0.4, -0.2) is 19.0 Å². The van der Waals surface area contributed by atoms with Crippen LogP contribution in [0, 0.1) is 0 Å². The molecule has 0 aliphatic carbocycles. The molecule has 3 heteroatoms. The number of nitrogens with one attached hydrogen (secondary N) is 1. The molecule has 3 N–H and O–H groups in total. The molecule has 0 radical (unpaired) electrons. The van der Waals surface area contributed by atoms with Gasteiger partial charge in [0.15, 0.2) is 0 Å². The van der Waals surface area contributed by atoms with Crippen LogP contribution in [0.1, 0.15) is 21.5 Å². The third kappa shape index (κ3) is 3.93. The third-order valence-electron chi connectivity index (χ3n) is 3.22. The molecule has 0 aliphatic heterocycles. The van der Waals surface area contributed by atoms with Crippen LogP contribution in [0.4, 0.5) is 0 Å². The number of hydrogen-bond acceptors (Lipinski definition) is 2. The number of hydrogen-bond donors (Lipinski definition) is 2. The largest absolute Gasteiger partial charge is 0.352 e. The Morgan fingerprint density at radius 3 is 2.40 bits per heavy atom. The molecule has 0 fully saturated rings. The molecule has 0 heterocycles. The van der Waals surface area contributed by atoms with Crippen LogP contribution < -0.4 is 11.1 Å². The number of carbonyl (C=O) groups excluding carboxylic acids is 1. The van der Waals surface area contributed by atoms with Crippen molar-refractivity contribution in [3.05, 3.63) is 71.3 Å². The second kappa shape index (κ2) is 7.46. The van der Waals surface area contributed by atoms with E-state index >= 15 is 0 Å². The topological polar surface area (TPSA) is 55.1 Å². The van der Waals surface area contributed by atoms with E-state index in [1.807, 2.05) is 42.5 Å². The minimum absolute atomic E-state index is 0.0232. The van der Waals surface area contributed by atoms with Crippen LogP contribution >= 0.6 is 0 Å². The minimum Gasteiger partial charge on any atom is -0.352 e. The molecule has 104 valence electrons. The zero-order valence-corrected chi connectivity index (χ0v) is 11.5. The van der Waals surface area contributed by atoms with Crippen molar-refractivity contribution in [3.8, 4) is 0 Å². The summed E-state index contributed by atoms with van der Waals surface area (Å²) in [7, 11) is 0. The van der Waals surface area contributed by atoms with Gasteiger partial charge in [-0.2, -0.15) is 0 Å². The molecule has 0 aliphatic rings. The molecule has 20 heavy (non-hydrogen) atoms. The van der Waals surface area contributed by atoms with Crippen molar-refractivity contribution in [3.63, 3.8) is 0 Å². The molecule has 2 rings (SSSR count). The first-order valence-corrected chi connectivity index (χ1v) is 6.91. The lowest BCUT2D eigenvalue weighted by Crippen LogP contribution is -2.27. The first kappa shape index (κ1) is 14.3. The zero-order valence-electron chi connectivity index (χ0n) is 11.5. The summed E-state index contributed by atoms with van der Waals surface area (Å²) in [6.45, 7) is 1.19. The van der Waals surface area contributed by atoms with Crippen molar-refractivity contribution in [2.75, 3.05) is 13.1 Å². The van der Waals surface area contributed by atoms with Gasteiger partial charge in [-0.15, -0.1) is 0 Å². The molecule has 2 aromatic carbocycles. The molecule has 0 bridgehead atoms. The fourth-order valence-corrected chi connectivity index (χ4v) is 2.18. The summed E-state index contributed by atoms with van der Waals surface area (Å²) < 4.78 is 0. The normalized spacial score (nSPS) is 10.2. The fourth-order valence-electron chi connectivity index (χ4n) is 2.18. The highest BCUT2D eigenvalue weighted by Crippen LogP contribution is 2.09. The van der Waals surface area contributed by atoms with E-state index in [0.29, 0.717) is 13.1 Å². The first-order valence-electron chi connectivity index (χ1n) is 6.91. The molecular weight excluding hydrogens is 248 g/mol. The van der Waals surface area contributed by atoms with Crippen molar-refractivity contribution in [1.82, 2.24) is 5.32 Å². The summed E-state index contributed by atoms with van der Waals surface area (Å²) in [4.78, 5) is 12.2. The Hall–Kier alpha value is -2.13. The van der Waals surface area contributed by atoms with E-state index in [9.17, 15) is 4.79 Å². The Balaban J connectivity index is 1.92. The number of nitrogens with two attached hydrogens (primary N) is 1. The van der Waals surface area contributed by atoms with E-state index < -0.39 is 0 Å². The SMILES string of the molecule is NCCc1ccccc1C(=O)NCCc1ccccc1. The highest BCUT2D eigenvalue weighted by Gasteiger charge is 2.09. The van der Waals surface area contributed by atoms with E-state index in [-0.39, 0.29) is 5.91 Å². The molecule has 0 unspecified atom stereocenters. The predicted octanol–water partition coefficient (Wildman–Crippen LogP) is 2.16. The van der Waals surface area contributed by atoms with Gasteiger partial charge in [-0.05, 0) is 36.6 Å². The van der Waals surface area contributed by atoms with E-state index in [1.165, 1.54) is 5.56 Å². The van der Waals surface area contributed by atoms with Crippen LogP contribution in [0.25, 0.3) is 0 Å². The van der Waals surface area contributed by atoms with Gasteiger partial charge in [0.2, 0.25) is 0 Å². The summed E-state index contributed by atoms with van der Waals surface area (Å²) >= 11 is 0. The van der Waals surface area contributed by atoms with Crippen molar-refractivity contribution in [2.24, 2.45) is 5.73 Å². The number of rotatable bonds is 6. The summed E-state index contributed by atoms with van der Waals surface area (Å²) in [6.07, 6.45) is 1.56. The van der Waals surface area contributed by atoms with Gasteiger partial charge in [-0.1, -0.05) is 48.5 Å². The molecule has 0 aromatic heterocycles. The van der Waals surface area contributed by atoms with E-state index in [4.69, 9.17) is 5.73 Å². The highest BCUT2D eigenvalue weighted by atomic mass is 16.1. The maximum absolute atomic E-state index is 12.2. The van der Waals surface area contributed by atoms with Gasteiger partial charge in [0.05, 0.1) is 0 Å². The predicted molar refractivity (Wildman–Crippen MR) is 81.7 cm³/mol. The highest BCUT2D eigenvalue weighted by molar-refractivity contribution is 5.95. The molecule has 2 aromatic rings. The van der Waals surface area contributed by atoms with Crippen molar-refractivity contribution in [1.29, 1.82) is 0 Å². The smallest absolute Gasteiger partial charge is 0.251 e. The summed E-state index contributed by atoms with van der Waals surface area (Å²) in [6, 6.07) is 17.8. The second-order valence-corrected chi connectivity index (χ2v) is 4.69. The van der Waals surface area contributed by atoms with Gasteiger partial charge in [0.25, 0.3) is 5.91 Å². The van der Waals surface area contributed by atoms with Gasteiger partial charge >= 0.3 is 0 Å². The zero-order chi connectivity index (χ0) is 14.2. The third-order valence-corrected chi connectivity index (χ3v) is 3.22. The molecular formula is C17H20N2O. The molecule has 0 saturated carbocycles. The Kier molecular flexibility index (Phi) is 5.33. The molecule has 0 atom stereocenters. The van der Waals surface area contributed by atoms with Gasteiger partial charge in [0, 0.05) is 12.1 Å². The quantitative estimate of drug-likeness (QED) is 0.843. The van der Waals surface area contributed by atoms with Crippen LogP contribution in [0.15, 0.2) is 54.6 Å². The average molecular weight is 268 g/mol. The van der Waals surface area contributed by atoms with Crippen molar-refractivity contribution in [2.45, 2.75) is 12.8 Å².